The lowest BCUT2D eigenvalue weighted by Gasteiger charge is -2.29. The van der Waals surface area contributed by atoms with Gasteiger partial charge in [-0.15, -0.1) is 22.0 Å². The minimum atomic E-state index is -4.82. The molecule has 190 valence electrons. The van der Waals surface area contributed by atoms with Gasteiger partial charge in [0.05, 0.1) is 12.5 Å². The molecule has 0 unspecified atom stereocenters. The van der Waals surface area contributed by atoms with Crippen LogP contribution in [0.5, 0.6) is 17.2 Å². The number of carbonyl (C=O) groups is 1. The van der Waals surface area contributed by atoms with E-state index in [2.05, 4.69) is 24.4 Å². The molecule has 2 aliphatic heterocycles. The van der Waals surface area contributed by atoms with Crippen LogP contribution >= 0.6 is 0 Å². The molecule has 2 N–H and O–H groups in total. The molecule has 4 rings (SSSR count). The van der Waals surface area contributed by atoms with Gasteiger partial charge in [0.15, 0.2) is 11.5 Å². The van der Waals surface area contributed by atoms with Crippen molar-refractivity contribution in [3.8, 4) is 17.2 Å². The average molecular weight is 502 g/mol. The summed E-state index contributed by atoms with van der Waals surface area (Å²) >= 11 is 0. The summed E-state index contributed by atoms with van der Waals surface area (Å²) in [7, 11) is 0. The summed E-state index contributed by atoms with van der Waals surface area (Å²) in [6.07, 6.45) is -8.06. The topological polar surface area (TPSA) is 80.3 Å². The fourth-order valence-electron chi connectivity index (χ4n) is 4.10. The van der Waals surface area contributed by atoms with Crippen LogP contribution in [0.1, 0.15) is 30.1 Å². The van der Waals surface area contributed by atoms with Crippen LogP contribution in [-0.4, -0.2) is 54.2 Å². The molecule has 7 nitrogen and oxygen atoms in total. The zero-order valence-electron chi connectivity index (χ0n) is 18.4. The predicted molar refractivity (Wildman–Crippen MR) is 112 cm³/mol. The lowest BCUT2D eigenvalue weighted by Crippen LogP contribution is -2.47. The van der Waals surface area contributed by atoms with Crippen molar-refractivity contribution in [2.75, 3.05) is 19.6 Å². The van der Waals surface area contributed by atoms with Crippen LogP contribution < -0.4 is 19.5 Å². The molecule has 1 fully saturated rings. The first-order valence-corrected chi connectivity index (χ1v) is 10.9. The Balaban J connectivity index is 1.44. The summed E-state index contributed by atoms with van der Waals surface area (Å²) in [6.45, 7) is 1.89. The Labute approximate surface area is 197 Å². The van der Waals surface area contributed by atoms with Crippen LogP contribution in [0.15, 0.2) is 42.5 Å². The maximum absolute atomic E-state index is 13.3. The minimum Gasteiger partial charge on any atom is -0.406 e. The fraction of sp³-hybridized carbons (Fsp3) is 0.435. The highest BCUT2D eigenvalue weighted by atomic mass is 19.4. The quantitative estimate of drug-likeness (QED) is 0.536. The molecular formula is C23H23F5N2O5. The van der Waals surface area contributed by atoms with Gasteiger partial charge in [-0.3, -0.25) is 4.79 Å². The molecule has 0 bridgehead atoms. The molecular weight excluding hydrogens is 479 g/mol. The van der Waals surface area contributed by atoms with Gasteiger partial charge in [0.1, 0.15) is 11.9 Å². The van der Waals surface area contributed by atoms with Gasteiger partial charge in [-0.1, -0.05) is 18.2 Å². The average Bonchev–Trinajstić information content (AvgIpc) is 3.38. The third kappa shape index (κ3) is 6.73. The number of hydrogen-bond acceptors (Lipinski definition) is 6. The number of fused-ring (bicyclic) bond motifs is 1. The molecule has 0 saturated carbocycles. The Kier molecular flexibility index (Phi) is 7.04. The SMILES string of the molecule is O=C(Cc1ccc(OC(F)(F)F)cc1)N[C@H](CN1CCCC1)[C@H](O)c1ccc2c(c1)OC(F)(F)O2. The number of aliphatic hydroxyl groups is 1. The van der Waals surface area contributed by atoms with Crippen molar-refractivity contribution in [2.45, 2.75) is 44.1 Å². The maximum Gasteiger partial charge on any atom is 0.586 e. The molecule has 0 aromatic heterocycles. The summed E-state index contributed by atoms with van der Waals surface area (Å²) in [5.74, 6) is -1.26. The van der Waals surface area contributed by atoms with E-state index in [4.69, 9.17) is 0 Å². The van der Waals surface area contributed by atoms with Crippen LogP contribution in [0.4, 0.5) is 22.0 Å². The Morgan fingerprint density at radius 1 is 1.09 bits per heavy atom. The highest BCUT2D eigenvalue weighted by Crippen LogP contribution is 2.42. The van der Waals surface area contributed by atoms with Crippen LogP contribution in [-0.2, 0) is 11.2 Å². The van der Waals surface area contributed by atoms with Crippen molar-refractivity contribution in [1.29, 1.82) is 0 Å². The van der Waals surface area contributed by atoms with Crippen molar-refractivity contribution < 1.29 is 46.1 Å². The second-order valence-corrected chi connectivity index (χ2v) is 8.37. The number of aliphatic hydroxyl groups excluding tert-OH is 1. The van der Waals surface area contributed by atoms with E-state index in [1.807, 2.05) is 0 Å². The molecule has 0 radical (unpaired) electrons. The number of nitrogens with one attached hydrogen (secondary N) is 1. The second kappa shape index (κ2) is 9.86. The van der Waals surface area contributed by atoms with E-state index in [0.29, 0.717) is 12.1 Å². The van der Waals surface area contributed by atoms with Gasteiger partial charge in [0, 0.05) is 6.54 Å². The molecule has 12 heteroatoms. The number of amides is 1. The fourth-order valence-corrected chi connectivity index (χ4v) is 4.10. The van der Waals surface area contributed by atoms with Crippen LogP contribution in [0.2, 0.25) is 0 Å². The van der Waals surface area contributed by atoms with Crippen molar-refractivity contribution in [3.05, 3.63) is 53.6 Å². The number of carbonyl (C=O) groups excluding carboxylic acids is 1. The molecule has 0 spiro atoms. The normalized spacial score (nSPS) is 18.8. The van der Waals surface area contributed by atoms with Crippen LogP contribution in [0.3, 0.4) is 0 Å². The molecule has 35 heavy (non-hydrogen) atoms. The molecule has 2 atom stereocenters. The highest BCUT2D eigenvalue weighted by Gasteiger charge is 2.43. The summed E-state index contributed by atoms with van der Waals surface area (Å²) < 4.78 is 76.3. The molecule has 0 aliphatic carbocycles. The number of hydrogen-bond donors (Lipinski definition) is 2. The highest BCUT2D eigenvalue weighted by molar-refractivity contribution is 5.79. The monoisotopic (exact) mass is 502 g/mol. The van der Waals surface area contributed by atoms with E-state index in [-0.39, 0.29) is 23.5 Å². The van der Waals surface area contributed by atoms with Crippen molar-refractivity contribution in [3.63, 3.8) is 0 Å². The summed E-state index contributed by atoms with van der Waals surface area (Å²) in [5.41, 5.74) is 0.694. The van der Waals surface area contributed by atoms with E-state index >= 15 is 0 Å². The van der Waals surface area contributed by atoms with Gasteiger partial charge >= 0.3 is 12.7 Å². The molecule has 2 aromatic rings. The number of halogens is 5. The van der Waals surface area contributed by atoms with E-state index in [0.717, 1.165) is 38.1 Å². The first-order valence-electron chi connectivity index (χ1n) is 10.9. The Bertz CT molecular complexity index is 1040. The summed E-state index contributed by atoms with van der Waals surface area (Å²) in [4.78, 5) is 14.8. The summed E-state index contributed by atoms with van der Waals surface area (Å²) in [6, 6.07) is 8.02. The zero-order chi connectivity index (χ0) is 25.2. The van der Waals surface area contributed by atoms with E-state index in [1.54, 1.807) is 0 Å². The minimum absolute atomic E-state index is 0.150. The van der Waals surface area contributed by atoms with E-state index in [9.17, 15) is 31.9 Å². The second-order valence-electron chi connectivity index (χ2n) is 8.37. The largest absolute Gasteiger partial charge is 0.586 e. The molecule has 2 heterocycles. The van der Waals surface area contributed by atoms with Gasteiger partial charge in [-0.05, 0) is 61.3 Å². The van der Waals surface area contributed by atoms with E-state index < -0.39 is 36.5 Å². The first-order chi connectivity index (χ1) is 16.5. The van der Waals surface area contributed by atoms with Crippen molar-refractivity contribution in [1.82, 2.24) is 10.2 Å². The Morgan fingerprint density at radius 2 is 1.74 bits per heavy atom. The smallest absolute Gasteiger partial charge is 0.406 e. The number of nitrogens with zero attached hydrogens (tertiary/aromatic N) is 1. The number of likely N-dealkylation sites (tertiary alicyclic amines) is 1. The zero-order valence-corrected chi connectivity index (χ0v) is 18.4. The van der Waals surface area contributed by atoms with Gasteiger partial charge in [-0.2, -0.15) is 0 Å². The maximum atomic E-state index is 13.3. The van der Waals surface area contributed by atoms with Gasteiger partial charge in [0.25, 0.3) is 0 Å². The third-order valence-corrected chi connectivity index (χ3v) is 5.67. The van der Waals surface area contributed by atoms with Crippen molar-refractivity contribution >= 4 is 5.91 Å². The number of ether oxygens (including phenoxy) is 3. The number of benzene rings is 2. The molecule has 2 aliphatic rings. The third-order valence-electron chi connectivity index (χ3n) is 5.67. The standard InChI is InChI=1S/C23H23F5N2O5/c24-22(25,26)33-16-6-3-14(4-7-16)11-20(31)29-17(13-30-9-1-2-10-30)21(32)15-5-8-18-19(12-15)35-23(27,28)34-18/h3-8,12,17,21,32H,1-2,9-11,13H2,(H,29,31)/t17-,21-/m1/s1. The van der Waals surface area contributed by atoms with Crippen LogP contribution in [0, 0.1) is 0 Å². The van der Waals surface area contributed by atoms with E-state index in [1.165, 1.54) is 30.3 Å². The van der Waals surface area contributed by atoms with Gasteiger partial charge in [0.2, 0.25) is 5.91 Å². The molecule has 1 amide bonds. The Morgan fingerprint density at radius 3 is 2.40 bits per heavy atom. The predicted octanol–water partition coefficient (Wildman–Crippen LogP) is 3.76. The van der Waals surface area contributed by atoms with Crippen LogP contribution in [0.25, 0.3) is 0 Å². The number of rotatable bonds is 8. The Hall–Kier alpha value is -3.12. The van der Waals surface area contributed by atoms with Gasteiger partial charge < -0.3 is 29.5 Å². The molecule has 2 aromatic carbocycles. The number of alkyl halides is 5. The molecule has 1 saturated heterocycles. The van der Waals surface area contributed by atoms with Crippen molar-refractivity contribution in [2.24, 2.45) is 0 Å². The lowest BCUT2D eigenvalue weighted by molar-refractivity contribution is -0.286. The van der Waals surface area contributed by atoms with Gasteiger partial charge in [-0.25, -0.2) is 0 Å². The first kappa shape index (κ1) is 25.0. The summed E-state index contributed by atoms with van der Waals surface area (Å²) in [5, 5.41) is 13.8. The lowest BCUT2D eigenvalue weighted by atomic mass is 10.0.